The Morgan fingerprint density at radius 3 is 2.00 bits per heavy atom. The van der Waals surface area contributed by atoms with Gasteiger partial charge < -0.3 is 5.32 Å². The second-order valence-electron chi connectivity index (χ2n) is 8.67. The Kier molecular flexibility index (Phi) is 3.97. The average Bonchev–Trinajstić information content (AvgIpc) is 3.53. The lowest BCUT2D eigenvalue weighted by Crippen LogP contribution is -2.40. The van der Waals surface area contributed by atoms with Gasteiger partial charge in [-0.1, -0.05) is 12.2 Å². The molecule has 2 bridgehead atoms. The summed E-state index contributed by atoms with van der Waals surface area (Å²) in [5.41, 5.74) is 1.76. The lowest BCUT2D eigenvalue weighted by molar-refractivity contribution is -0.124. The van der Waals surface area contributed by atoms with Crippen LogP contribution < -0.4 is 10.2 Å². The molecule has 1 N–H and O–H groups in total. The molecule has 3 fully saturated rings. The van der Waals surface area contributed by atoms with Gasteiger partial charge in [-0.05, 0) is 101 Å². The first-order valence-corrected chi connectivity index (χ1v) is 11.3. The summed E-state index contributed by atoms with van der Waals surface area (Å²) < 4.78 is 1.09. The van der Waals surface area contributed by atoms with Crippen molar-refractivity contribution in [1.82, 2.24) is 0 Å². The van der Waals surface area contributed by atoms with E-state index in [9.17, 15) is 14.4 Å². The van der Waals surface area contributed by atoms with Gasteiger partial charge in [0.05, 0.1) is 17.5 Å². The molecule has 4 aliphatic carbocycles. The van der Waals surface area contributed by atoms with Gasteiger partial charge >= 0.3 is 0 Å². The van der Waals surface area contributed by atoms with Gasteiger partial charge in [0.25, 0.3) is 5.91 Å². The number of halogens is 1. The minimum absolute atomic E-state index is 0.0780. The van der Waals surface area contributed by atoms with E-state index in [1.807, 2.05) is 24.3 Å². The maximum absolute atomic E-state index is 13.2. The molecule has 30 heavy (non-hydrogen) atoms. The number of hydrogen-bond donors (Lipinski definition) is 1. The van der Waals surface area contributed by atoms with Crippen LogP contribution in [0.15, 0.2) is 60.7 Å². The number of benzene rings is 2. The Labute approximate surface area is 187 Å². The van der Waals surface area contributed by atoms with Crippen LogP contribution in [0.4, 0.5) is 11.4 Å². The first kappa shape index (κ1) is 18.3. The van der Waals surface area contributed by atoms with Crippen molar-refractivity contribution in [1.29, 1.82) is 0 Å². The van der Waals surface area contributed by atoms with Gasteiger partial charge in [-0.2, -0.15) is 0 Å². The van der Waals surface area contributed by atoms with Gasteiger partial charge in [0.15, 0.2) is 0 Å². The summed E-state index contributed by atoms with van der Waals surface area (Å²) in [4.78, 5) is 40.3. The Morgan fingerprint density at radius 1 is 0.867 bits per heavy atom. The highest BCUT2D eigenvalue weighted by molar-refractivity contribution is 14.1. The second kappa shape index (κ2) is 6.51. The van der Waals surface area contributed by atoms with Crippen LogP contribution in [0.3, 0.4) is 0 Å². The molecular formula is C24H19IN2O3. The molecule has 0 radical (unpaired) electrons. The van der Waals surface area contributed by atoms with E-state index in [2.05, 4.69) is 40.1 Å². The fraction of sp³-hybridized carbons (Fsp3) is 0.292. The molecule has 2 saturated carbocycles. The maximum atomic E-state index is 13.2. The quantitative estimate of drug-likeness (QED) is 0.384. The van der Waals surface area contributed by atoms with Crippen LogP contribution in [0.25, 0.3) is 0 Å². The first-order valence-electron chi connectivity index (χ1n) is 10.3. The molecule has 3 amide bonds. The van der Waals surface area contributed by atoms with Gasteiger partial charge in [0, 0.05) is 14.8 Å². The largest absolute Gasteiger partial charge is 0.322 e. The average molecular weight is 510 g/mol. The molecule has 1 aliphatic heterocycles. The number of carbonyl (C=O) groups is 3. The number of hydrogen-bond acceptors (Lipinski definition) is 3. The van der Waals surface area contributed by atoms with E-state index in [-0.39, 0.29) is 41.4 Å². The van der Waals surface area contributed by atoms with Gasteiger partial charge in [-0.15, -0.1) is 0 Å². The molecule has 7 rings (SSSR count). The zero-order valence-electron chi connectivity index (χ0n) is 16.0. The zero-order chi connectivity index (χ0) is 20.6. The molecule has 5 nitrogen and oxygen atoms in total. The lowest BCUT2D eigenvalue weighted by Gasteiger charge is -2.37. The Balaban J connectivity index is 1.23. The molecule has 0 spiro atoms. The minimum atomic E-state index is -0.224. The number of nitrogens with zero attached hydrogens (tertiary/aromatic N) is 1. The normalized spacial score (nSPS) is 32.8. The van der Waals surface area contributed by atoms with E-state index >= 15 is 0 Å². The van der Waals surface area contributed by atoms with Crippen LogP contribution in [0.1, 0.15) is 16.8 Å². The van der Waals surface area contributed by atoms with E-state index in [0.717, 1.165) is 15.7 Å². The summed E-state index contributed by atoms with van der Waals surface area (Å²) in [6, 6.07) is 14.3. The second-order valence-corrected chi connectivity index (χ2v) is 9.92. The molecule has 150 valence electrons. The molecule has 0 aromatic heterocycles. The molecule has 6 heteroatoms. The predicted octanol–water partition coefficient (Wildman–Crippen LogP) is 4.10. The van der Waals surface area contributed by atoms with Crippen molar-refractivity contribution >= 4 is 51.7 Å². The summed E-state index contributed by atoms with van der Waals surface area (Å²) in [6.45, 7) is 0. The van der Waals surface area contributed by atoms with E-state index < -0.39 is 0 Å². The number of rotatable bonds is 3. The van der Waals surface area contributed by atoms with Crippen LogP contribution >= 0.6 is 22.6 Å². The molecule has 2 aromatic carbocycles. The van der Waals surface area contributed by atoms with E-state index in [0.29, 0.717) is 23.1 Å². The highest BCUT2D eigenvalue weighted by Crippen LogP contribution is 2.65. The standard InChI is InChI=1S/C24H19IN2O3/c25-13-3-5-14(6-4-13)26-22(28)12-1-7-15(8-2-12)27-23(29)20-16-9-10-17(19-11-18(16)19)21(20)24(27)30/h1-10,16-21H,11H2,(H,26,28)/t16-,17+,18-,19-,20+,21-/m1/s1. The summed E-state index contributed by atoms with van der Waals surface area (Å²) >= 11 is 2.21. The molecule has 1 saturated heterocycles. The summed E-state index contributed by atoms with van der Waals surface area (Å²) in [5.74, 6) is 0.807. The fourth-order valence-corrected chi connectivity index (χ4v) is 6.07. The van der Waals surface area contributed by atoms with Crippen molar-refractivity contribution in [2.24, 2.45) is 35.5 Å². The molecule has 0 unspecified atom stereocenters. The van der Waals surface area contributed by atoms with Gasteiger partial charge in [-0.25, -0.2) is 0 Å². The highest BCUT2D eigenvalue weighted by Gasteiger charge is 2.67. The maximum Gasteiger partial charge on any atom is 0.255 e. The van der Waals surface area contributed by atoms with E-state index in [4.69, 9.17) is 0 Å². The van der Waals surface area contributed by atoms with Crippen molar-refractivity contribution in [2.45, 2.75) is 6.42 Å². The molecule has 1 heterocycles. The lowest BCUT2D eigenvalue weighted by atomic mass is 9.63. The third kappa shape index (κ3) is 2.62. The molecule has 5 aliphatic rings. The number of anilines is 2. The van der Waals surface area contributed by atoms with Crippen molar-refractivity contribution in [3.05, 3.63) is 69.8 Å². The van der Waals surface area contributed by atoms with Crippen molar-refractivity contribution in [3.63, 3.8) is 0 Å². The van der Waals surface area contributed by atoms with Crippen LogP contribution in [0, 0.1) is 39.1 Å². The SMILES string of the molecule is O=C(Nc1ccc(I)cc1)c1ccc(N2C(=O)[C@@H]3[C@H]4C=C[C@H]([C@H]5C[C@H]45)[C@@H]3C2=O)cc1. The highest BCUT2D eigenvalue weighted by atomic mass is 127. The van der Waals surface area contributed by atoms with Crippen molar-refractivity contribution in [3.8, 4) is 0 Å². The molecule has 2 aromatic rings. The van der Waals surface area contributed by atoms with Gasteiger partial charge in [-0.3, -0.25) is 19.3 Å². The Bertz CT molecular complexity index is 1070. The summed E-state index contributed by atoms with van der Waals surface area (Å²) in [5, 5.41) is 2.86. The van der Waals surface area contributed by atoms with Gasteiger partial charge in [0.2, 0.25) is 11.8 Å². The topological polar surface area (TPSA) is 66.5 Å². The molecular weight excluding hydrogens is 491 g/mol. The van der Waals surface area contributed by atoms with Gasteiger partial charge in [0.1, 0.15) is 0 Å². The van der Waals surface area contributed by atoms with Crippen molar-refractivity contribution < 1.29 is 14.4 Å². The predicted molar refractivity (Wildman–Crippen MR) is 121 cm³/mol. The summed E-state index contributed by atoms with van der Waals surface area (Å²) in [7, 11) is 0. The van der Waals surface area contributed by atoms with E-state index in [1.54, 1.807) is 24.3 Å². The number of carbonyl (C=O) groups excluding carboxylic acids is 3. The third-order valence-corrected chi connectivity index (χ3v) is 7.87. The number of allylic oxidation sites excluding steroid dienone is 2. The van der Waals surface area contributed by atoms with Crippen molar-refractivity contribution in [2.75, 3.05) is 10.2 Å². The Morgan fingerprint density at radius 2 is 1.43 bits per heavy atom. The first-order chi connectivity index (χ1) is 14.5. The summed E-state index contributed by atoms with van der Waals surface area (Å²) in [6.07, 6.45) is 5.50. The monoisotopic (exact) mass is 510 g/mol. The van der Waals surface area contributed by atoms with Crippen LogP contribution in [-0.2, 0) is 9.59 Å². The fourth-order valence-electron chi connectivity index (χ4n) is 5.71. The number of imide groups is 1. The third-order valence-electron chi connectivity index (χ3n) is 7.15. The number of amides is 3. The van der Waals surface area contributed by atoms with Crippen LogP contribution in [-0.4, -0.2) is 17.7 Å². The van der Waals surface area contributed by atoms with E-state index in [1.165, 1.54) is 4.90 Å². The zero-order valence-corrected chi connectivity index (χ0v) is 18.2. The van der Waals surface area contributed by atoms with Crippen LogP contribution in [0.2, 0.25) is 0 Å². The van der Waals surface area contributed by atoms with Crippen LogP contribution in [0.5, 0.6) is 0 Å². The smallest absolute Gasteiger partial charge is 0.255 e. The Hall–Kier alpha value is -2.48. The number of nitrogens with one attached hydrogen (secondary N) is 1. The molecule has 6 atom stereocenters. The minimum Gasteiger partial charge on any atom is -0.322 e.